The van der Waals surface area contributed by atoms with Gasteiger partial charge in [0, 0.05) is 17.8 Å². The molecule has 0 saturated carbocycles. The van der Waals surface area contributed by atoms with Gasteiger partial charge in [0.05, 0.1) is 17.2 Å². The van der Waals surface area contributed by atoms with E-state index in [9.17, 15) is 13.2 Å². The van der Waals surface area contributed by atoms with E-state index in [4.69, 9.17) is 5.26 Å². The first-order valence-electron chi connectivity index (χ1n) is 6.53. The Kier molecular flexibility index (Phi) is 4.19. The molecule has 0 spiro atoms. The van der Waals surface area contributed by atoms with Crippen molar-refractivity contribution < 1.29 is 13.2 Å². The predicted molar refractivity (Wildman–Crippen MR) is 70.3 cm³/mol. The number of alkyl halides is 3. The van der Waals surface area contributed by atoms with Crippen molar-refractivity contribution in [2.24, 2.45) is 0 Å². The van der Waals surface area contributed by atoms with Crippen LogP contribution in [0, 0.1) is 11.3 Å². The molecule has 1 aromatic rings. The zero-order valence-electron chi connectivity index (χ0n) is 11.1. The Morgan fingerprint density at radius 2 is 2.15 bits per heavy atom. The normalized spacial score (nSPS) is 23.1. The fourth-order valence-corrected chi connectivity index (χ4v) is 2.43. The summed E-state index contributed by atoms with van der Waals surface area (Å²) in [5, 5.41) is 15.4. The summed E-state index contributed by atoms with van der Waals surface area (Å²) in [6, 6.07) is 5.63. The second kappa shape index (κ2) is 5.71. The monoisotopic (exact) mass is 283 g/mol. The number of rotatable bonds is 2. The lowest BCUT2D eigenvalue weighted by Gasteiger charge is -2.31. The molecule has 0 aliphatic carbocycles. The molecule has 6 heteroatoms. The highest BCUT2D eigenvalue weighted by molar-refractivity contribution is 5.54. The number of anilines is 1. The van der Waals surface area contributed by atoms with Gasteiger partial charge >= 0.3 is 6.18 Å². The second-order valence-electron chi connectivity index (χ2n) is 5.01. The van der Waals surface area contributed by atoms with Gasteiger partial charge in [-0.05, 0) is 44.5 Å². The Bertz CT molecular complexity index is 519. The van der Waals surface area contributed by atoms with Crippen molar-refractivity contribution >= 4 is 5.69 Å². The third kappa shape index (κ3) is 3.23. The lowest BCUT2D eigenvalue weighted by atomic mass is 9.99. The third-order valence-corrected chi connectivity index (χ3v) is 3.56. The number of hydrogen-bond acceptors (Lipinski definition) is 3. The summed E-state index contributed by atoms with van der Waals surface area (Å²) in [5.41, 5.74) is -0.686. The van der Waals surface area contributed by atoms with E-state index in [0.29, 0.717) is 5.69 Å². The zero-order chi connectivity index (χ0) is 14.8. The fraction of sp³-hybridized carbons (Fsp3) is 0.500. The van der Waals surface area contributed by atoms with E-state index in [2.05, 4.69) is 10.6 Å². The minimum absolute atomic E-state index is 0.159. The van der Waals surface area contributed by atoms with Crippen molar-refractivity contribution in [2.75, 3.05) is 11.9 Å². The number of hydrogen-bond donors (Lipinski definition) is 2. The van der Waals surface area contributed by atoms with E-state index in [1.54, 1.807) is 6.07 Å². The summed E-state index contributed by atoms with van der Waals surface area (Å²) in [6.07, 6.45) is -2.52. The van der Waals surface area contributed by atoms with Gasteiger partial charge in [-0.2, -0.15) is 18.4 Å². The van der Waals surface area contributed by atoms with Crippen molar-refractivity contribution in [2.45, 2.75) is 38.0 Å². The van der Waals surface area contributed by atoms with Crippen LogP contribution in [0.2, 0.25) is 0 Å². The number of piperidine rings is 1. The van der Waals surface area contributed by atoms with Crippen molar-refractivity contribution in [3.05, 3.63) is 29.3 Å². The molecule has 108 valence electrons. The quantitative estimate of drug-likeness (QED) is 0.876. The molecule has 1 aliphatic heterocycles. The Balaban J connectivity index is 2.20. The van der Waals surface area contributed by atoms with Crippen LogP contribution in [-0.2, 0) is 6.18 Å². The van der Waals surface area contributed by atoms with E-state index >= 15 is 0 Å². The summed E-state index contributed by atoms with van der Waals surface area (Å²) < 4.78 is 38.1. The van der Waals surface area contributed by atoms with Gasteiger partial charge in [-0.1, -0.05) is 0 Å². The molecule has 1 saturated heterocycles. The molecule has 1 aliphatic rings. The molecule has 20 heavy (non-hydrogen) atoms. The minimum Gasteiger partial charge on any atom is -0.381 e. The number of nitriles is 1. The van der Waals surface area contributed by atoms with Crippen LogP contribution < -0.4 is 10.6 Å². The third-order valence-electron chi connectivity index (χ3n) is 3.56. The van der Waals surface area contributed by atoms with Crippen LogP contribution in [0.5, 0.6) is 0 Å². The number of nitrogens with zero attached hydrogens (tertiary/aromatic N) is 1. The molecule has 2 rings (SSSR count). The van der Waals surface area contributed by atoms with Crippen LogP contribution in [0.4, 0.5) is 18.9 Å². The first kappa shape index (κ1) is 14.7. The van der Waals surface area contributed by atoms with Gasteiger partial charge in [0.25, 0.3) is 0 Å². The van der Waals surface area contributed by atoms with Crippen LogP contribution in [0.15, 0.2) is 18.2 Å². The van der Waals surface area contributed by atoms with Crippen LogP contribution in [-0.4, -0.2) is 18.6 Å². The highest BCUT2D eigenvalue weighted by Gasteiger charge is 2.33. The summed E-state index contributed by atoms with van der Waals surface area (Å²) in [7, 11) is 0. The molecule has 2 N–H and O–H groups in total. The maximum atomic E-state index is 12.7. The van der Waals surface area contributed by atoms with Crippen LogP contribution in [0.1, 0.15) is 30.9 Å². The van der Waals surface area contributed by atoms with Crippen molar-refractivity contribution in [3.8, 4) is 6.07 Å². The number of nitrogens with one attached hydrogen (secondary N) is 2. The molecular formula is C14H16F3N3. The summed E-state index contributed by atoms with van der Waals surface area (Å²) in [6.45, 7) is 2.99. The fourth-order valence-electron chi connectivity index (χ4n) is 2.43. The Labute approximate surface area is 115 Å². The molecule has 1 fully saturated rings. The number of halogens is 3. The van der Waals surface area contributed by atoms with Gasteiger partial charge in [0.15, 0.2) is 0 Å². The summed E-state index contributed by atoms with van der Waals surface area (Å²) >= 11 is 0. The molecule has 2 atom stereocenters. The van der Waals surface area contributed by atoms with Gasteiger partial charge < -0.3 is 10.6 Å². The molecule has 0 radical (unpaired) electrons. The zero-order valence-corrected chi connectivity index (χ0v) is 11.1. The Morgan fingerprint density at radius 3 is 2.75 bits per heavy atom. The summed E-state index contributed by atoms with van der Waals surface area (Å²) in [4.78, 5) is 0. The molecule has 0 aromatic heterocycles. The minimum atomic E-state index is -4.50. The van der Waals surface area contributed by atoms with E-state index in [1.807, 2.05) is 6.92 Å². The largest absolute Gasteiger partial charge is 0.417 e. The Hall–Kier alpha value is -1.74. The molecular weight excluding hydrogens is 267 g/mol. The average Bonchev–Trinajstić information content (AvgIpc) is 2.40. The van der Waals surface area contributed by atoms with Gasteiger partial charge in [-0.25, -0.2) is 0 Å². The molecule has 3 nitrogen and oxygen atoms in total. The predicted octanol–water partition coefficient (Wildman–Crippen LogP) is 3.13. The topological polar surface area (TPSA) is 47.8 Å². The molecule has 0 bridgehead atoms. The van der Waals surface area contributed by atoms with E-state index in [1.165, 1.54) is 12.1 Å². The van der Waals surface area contributed by atoms with Crippen LogP contribution in [0.3, 0.4) is 0 Å². The maximum Gasteiger partial charge on any atom is 0.417 e. The average molecular weight is 283 g/mol. The standard InChI is InChI=1S/C14H16F3N3/c1-9-13(3-2-6-19-9)20-11-4-5-12(14(15,16)17)10(7-11)8-18/h4-5,7,9,13,19-20H,2-3,6H2,1H3. The van der Waals surface area contributed by atoms with E-state index in [0.717, 1.165) is 25.5 Å². The van der Waals surface area contributed by atoms with Gasteiger partial charge in [-0.15, -0.1) is 0 Å². The second-order valence-corrected chi connectivity index (χ2v) is 5.01. The van der Waals surface area contributed by atoms with E-state index in [-0.39, 0.29) is 17.6 Å². The van der Waals surface area contributed by atoms with Crippen molar-refractivity contribution in [1.82, 2.24) is 5.32 Å². The smallest absolute Gasteiger partial charge is 0.381 e. The SMILES string of the molecule is CC1NCCCC1Nc1ccc(C(F)(F)F)c(C#N)c1. The van der Waals surface area contributed by atoms with Gasteiger partial charge in [-0.3, -0.25) is 0 Å². The van der Waals surface area contributed by atoms with E-state index < -0.39 is 11.7 Å². The first-order valence-corrected chi connectivity index (χ1v) is 6.53. The molecule has 0 amide bonds. The van der Waals surface area contributed by atoms with Gasteiger partial charge in [0.2, 0.25) is 0 Å². The lowest BCUT2D eigenvalue weighted by molar-refractivity contribution is -0.137. The molecule has 1 heterocycles. The lowest BCUT2D eigenvalue weighted by Crippen LogP contribution is -2.46. The van der Waals surface area contributed by atoms with Crippen LogP contribution >= 0.6 is 0 Å². The molecule has 2 unspecified atom stereocenters. The van der Waals surface area contributed by atoms with Crippen molar-refractivity contribution in [1.29, 1.82) is 5.26 Å². The van der Waals surface area contributed by atoms with Gasteiger partial charge in [0.1, 0.15) is 0 Å². The highest BCUT2D eigenvalue weighted by Crippen LogP contribution is 2.33. The highest BCUT2D eigenvalue weighted by atomic mass is 19.4. The van der Waals surface area contributed by atoms with Crippen molar-refractivity contribution in [3.63, 3.8) is 0 Å². The molecule has 1 aromatic carbocycles. The number of benzene rings is 1. The summed E-state index contributed by atoms with van der Waals surface area (Å²) in [5.74, 6) is 0. The van der Waals surface area contributed by atoms with Crippen LogP contribution in [0.25, 0.3) is 0 Å². The first-order chi connectivity index (χ1) is 9.41. The maximum absolute atomic E-state index is 12.7. The Morgan fingerprint density at radius 1 is 1.40 bits per heavy atom.